The Morgan fingerprint density at radius 1 is 1.28 bits per heavy atom. The van der Waals surface area contributed by atoms with Crippen molar-refractivity contribution in [3.63, 3.8) is 0 Å². The lowest BCUT2D eigenvalue weighted by atomic mass is 10.2. The summed E-state index contributed by atoms with van der Waals surface area (Å²) in [6, 6.07) is 4.71. The zero-order valence-corrected chi connectivity index (χ0v) is 10.4. The second-order valence-corrected chi connectivity index (χ2v) is 4.34. The summed E-state index contributed by atoms with van der Waals surface area (Å²) in [6.45, 7) is 1.93. The maximum Gasteiger partial charge on any atom is 0.275 e. The average Bonchev–Trinajstić information content (AvgIpc) is 2.39. The number of anilines is 1. The Balaban J connectivity index is 2.15. The molecule has 1 fully saturated rings. The summed E-state index contributed by atoms with van der Waals surface area (Å²) in [7, 11) is 1.50. The Morgan fingerprint density at radius 3 is 2.61 bits per heavy atom. The first kappa shape index (κ1) is 12.6. The molecule has 0 atom stereocenters. The van der Waals surface area contributed by atoms with E-state index in [0.29, 0.717) is 11.4 Å². The molecule has 0 aromatic heterocycles. The van der Waals surface area contributed by atoms with Gasteiger partial charge in [0, 0.05) is 25.2 Å². The van der Waals surface area contributed by atoms with Gasteiger partial charge in [0.15, 0.2) is 0 Å². The molecule has 1 N–H and O–H groups in total. The molecule has 1 aromatic carbocycles. The van der Waals surface area contributed by atoms with E-state index in [-0.39, 0.29) is 5.69 Å². The van der Waals surface area contributed by atoms with Gasteiger partial charge in [0.1, 0.15) is 5.75 Å². The lowest BCUT2D eigenvalue weighted by Crippen LogP contribution is -2.34. The first-order valence-electron chi connectivity index (χ1n) is 6.04. The number of hydrogen-bond donors (Lipinski definition) is 1. The highest BCUT2D eigenvalue weighted by atomic mass is 16.6. The van der Waals surface area contributed by atoms with Gasteiger partial charge in [0.05, 0.1) is 23.8 Å². The molecular formula is C12H17N3O3. The number of rotatable bonds is 4. The molecule has 6 nitrogen and oxygen atoms in total. The van der Waals surface area contributed by atoms with Gasteiger partial charge in [-0.05, 0) is 12.8 Å². The lowest BCUT2D eigenvalue weighted by Gasteiger charge is -2.27. The van der Waals surface area contributed by atoms with Crippen LogP contribution in [0.15, 0.2) is 18.2 Å². The third-order valence-electron chi connectivity index (χ3n) is 2.98. The normalized spacial score (nSPS) is 16.3. The second kappa shape index (κ2) is 5.68. The highest BCUT2D eigenvalue weighted by Gasteiger charge is 2.14. The Labute approximate surface area is 106 Å². The third kappa shape index (κ3) is 3.10. The van der Waals surface area contributed by atoms with Crippen molar-refractivity contribution in [1.82, 2.24) is 5.01 Å². The molecule has 1 aromatic rings. The van der Waals surface area contributed by atoms with Crippen molar-refractivity contribution in [2.75, 3.05) is 25.6 Å². The smallest absolute Gasteiger partial charge is 0.275 e. The van der Waals surface area contributed by atoms with E-state index in [1.807, 2.05) is 0 Å². The number of benzene rings is 1. The fourth-order valence-corrected chi connectivity index (χ4v) is 2.06. The predicted octanol–water partition coefficient (Wildman–Crippen LogP) is 2.42. The molecule has 2 rings (SSSR count). The van der Waals surface area contributed by atoms with Crippen molar-refractivity contribution in [2.45, 2.75) is 19.3 Å². The van der Waals surface area contributed by atoms with Crippen molar-refractivity contribution < 1.29 is 9.66 Å². The number of non-ortho nitro benzene ring substituents is 1. The molecule has 0 spiro atoms. The van der Waals surface area contributed by atoms with Gasteiger partial charge in [-0.1, -0.05) is 6.42 Å². The molecule has 0 radical (unpaired) electrons. The third-order valence-corrected chi connectivity index (χ3v) is 2.98. The maximum absolute atomic E-state index is 10.8. The van der Waals surface area contributed by atoms with Crippen LogP contribution in [0.2, 0.25) is 0 Å². The van der Waals surface area contributed by atoms with Gasteiger partial charge in [-0.15, -0.1) is 0 Å². The Hall–Kier alpha value is -1.82. The van der Waals surface area contributed by atoms with Crippen LogP contribution in [0.25, 0.3) is 0 Å². The van der Waals surface area contributed by atoms with Crippen LogP contribution in [0.3, 0.4) is 0 Å². The minimum absolute atomic E-state index is 0.0360. The molecule has 18 heavy (non-hydrogen) atoms. The van der Waals surface area contributed by atoms with E-state index in [0.717, 1.165) is 25.9 Å². The van der Waals surface area contributed by atoms with Gasteiger partial charge in [-0.25, -0.2) is 5.01 Å². The van der Waals surface area contributed by atoms with Gasteiger partial charge in [-0.2, -0.15) is 0 Å². The van der Waals surface area contributed by atoms with Gasteiger partial charge < -0.3 is 10.2 Å². The SMILES string of the molecule is COc1cc(NN2CCCCC2)cc([N+](=O)[O-])c1. The van der Waals surface area contributed by atoms with Crippen LogP contribution in [0.5, 0.6) is 5.75 Å². The topological polar surface area (TPSA) is 67.6 Å². The molecule has 1 aliphatic heterocycles. The number of hydrazine groups is 1. The number of nitro benzene ring substituents is 1. The Morgan fingerprint density at radius 2 is 2.00 bits per heavy atom. The zero-order chi connectivity index (χ0) is 13.0. The van der Waals surface area contributed by atoms with E-state index < -0.39 is 4.92 Å². The summed E-state index contributed by atoms with van der Waals surface area (Å²) in [6.07, 6.45) is 3.55. The predicted molar refractivity (Wildman–Crippen MR) is 68.7 cm³/mol. The van der Waals surface area contributed by atoms with Crippen LogP contribution >= 0.6 is 0 Å². The molecule has 1 heterocycles. The highest BCUT2D eigenvalue weighted by Crippen LogP contribution is 2.26. The van der Waals surface area contributed by atoms with E-state index >= 15 is 0 Å². The van der Waals surface area contributed by atoms with E-state index in [1.54, 1.807) is 6.07 Å². The zero-order valence-electron chi connectivity index (χ0n) is 10.4. The minimum Gasteiger partial charge on any atom is -0.496 e. The number of hydrogen-bond acceptors (Lipinski definition) is 5. The average molecular weight is 251 g/mol. The van der Waals surface area contributed by atoms with Crippen LogP contribution < -0.4 is 10.2 Å². The summed E-state index contributed by atoms with van der Waals surface area (Å²) in [5.74, 6) is 0.490. The van der Waals surface area contributed by atoms with E-state index in [9.17, 15) is 10.1 Å². The monoisotopic (exact) mass is 251 g/mol. The molecule has 0 saturated carbocycles. The molecule has 0 bridgehead atoms. The van der Waals surface area contributed by atoms with Crippen LogP contribution in [0.4, 0.5) is 11.4 Å². The standard InChI is InChI=1S/C12H17N3O3/c1-18-12-8-10(7-11(9-12)15(16)17)13-14-5-3-2-4-6-14/h7-9,13H,2-6H2,1H3. The fourth-order valence-electron chi connectivity index (χ4n) is 2.06. The highest BCUT2D eigenvalue weighted by molar-refractivity contribution is 5.55. The number of nitro groups is 1. The molecule has 0 amide bonds. The summed E-state index contributed by atoms with van der Waals surface area (Å²) in [4.78, 5) is 10.4. The second-order valence-electron chi connectivity index (χ2n) is 4.34. The quantitative estimate of drug-likeness (QED) is 0.657. The van der Waals surface area contributed by atoms with E-state index in [1.165, 1.54) is 25.7 Å². The van der Waals surface area contributed by atoms with E-state index in [2.05, 4.69) is 10.4 Å². The van der Waals surface area contributed by atoms with Crippen LogP contribution in [0.1, 0.15) is 19.3 Å². The number of nitrogens with zero attached hydrogens (tertiary/aromatic N) is 2. The molecule has 0 aliphatic carbocycles. The lowest BCUT2D eigenvalue weighted by molar-refractivity contribution is -0.384. The van der Waals surface area contributed by atoms with Crippen molar-refractivity contribution in [3.05, 3.63) is 28.3 Å². The first-order valence-corrected chi connectivity index (χ1v) is 6.04. The first-order chi connectivity index (χ1) is 8.69. The molecular weight excluding hydrogens is 234 g/mol. The Kier molecular flexibility index (Phi) is 3.99. The maximum atomic E-state index is 10.8. The molecule has 1 aliphatic rings. The summed E-state index contributed by atoms with van der Waals surface area (Å²) >= 11 is 0. The molecule has 1 saturated heterocycles. The van der Waals surface area contributed by atoms with Crippen LogP contribution in [-0.4, -0.2) is 30.1 Å². The summed E-state index contributed by atoms with van der Waals surface area (Å²) in [5, 5.41) is 12.9. The number of nitrogens with one attached hydrogen (secondary N) is 1. The van der Waals surface area contributed by atoms with E-state index in [4.69, 9.17) is 4.74 Å². The van der Waals surface area contributed by atoms with Crippen molar-refractivity contribution >= 4 is 11.4 Å². The van der Waals surface area contributed by atoms with Gasteiger partial charge in [-0.3, -0.25) is 10.1 Å². The fraction of sp³-hybridized carbons (Fsp3) is 0.500. The van der Waals surface area contributed by atoms with Crippen LogP contribution in [0, 0.1) is 10.1 Å². The Bertz CT molecular complexity index is 431. The number of methoxy groups -OCH3 is 1. The largest absolute Gasteiger partial charge is 0.496 e. The summed E-state index contributed by atoms with van der Waals surface area (Å²) in [5.41, 5.74) is 3.93. The van der Waals surface area contributed by atoms with Crippen molar-refractivity contribution in [3.8, 4) is 5.75 Å². The van der Waals surface area contributed by atoms with Gasteiger partial charge >= 0.3 is 0 Å². The molecule has 0 unspecified atom stereocenters. The molecule has 6 heteroatoms. The summed E-state index contributed by atoms with van der Waals surface area (Å²) < 4.78 is 5.07. The molecule has 98 valence electrons. The van der Waals surface area contributed by atoms with Crippen LogP contribution in [-0.2, 0) is 0 Å². The number of ether oxygens (including phenoxy) is 1. The van der Waals surface area contributed by atoms with Gasteiger partial charge in [0.25, 0.3) is 5.69 Å². The van der Waals surface area contributed by atoms with Gasteiger partial charge in [0.2, 0.25) is 0 Å². The minimum atomic E-state index is -0.413. The van der Waals surface area contributed by atoms with Crippen molar-refractivity contribution in [1.29, 1.82) is 0 Å². The van der Waals surface area contributed by atoms with Crippen molar-refractivity contribution in [2.24, 2.45) is 0 Å². The number of piperidine rings is 1.